The second-order valence-electron chi connectivity index (χ2n) is 3.76. The molecule has 5 nitrogen and oxygen atoms in total. The summed E-state index contributed by atoms with van der Waals surface area (Å²) >= 11 is 4.77. The van der Waals surface area contributed by atoms with Crippen LogP contribution in [0.2, 0.25) is 0 Å². The summed E-state index contributed by atoms with van der Waals surface area (Å²) in [4.78, 5) is 11.2. The lowest BCUT2D eigenvalue weighted by Crippen LogP contribution is -2.04. The highest BCUT2D eigenvalue weighted by Gasteiger charge is 2.12. The molecule has 0 saturated carbocycles. The van der Waals surface area contributed by atoms with Crippen molar-refractivity contribution in [1.29, 1.82) is 0 Å². The summed E-state index contributed by atoms with van der Waals surface area (Å²) in [5, 5.41) is 8.39. The van der Waals surface area contributed by atoms with Crippen LogP contribution in [0.3, 0.4) is 0 Å². The number of ether oxygens (including phenoxy) is 1. The molecule has 1 aromatic heterocycles. The van der Waals surface area contributed by atoms with Crippen LogP contribution >= 0.6 is 27.7 Å². The Morgan fingerprint density at radius 3 is 2.95 bits per heavy atom. The molecule has 0 N–H and O–H groups in total. The molecule has 0 amide bonds. The molecule has 0 aliphatic rings. The normalized spacial score (nSPS) is 10.5. The first-order chi connectivity index (χ1) is 9.70. The number of benzene rings is 1. The number of hydrogen-bond acceptors (Lipinski definition) is 6. The van der Waals surface area contributed by atoms with Gasteiger partial charge in [0.05, 0.1) is 18.6 Å². The summed E-state index contributed by atoms with van der Waals surface area (Å²) in [6, 6.07) is 7.62. The van der Waals surface area contributed by atoms with Gasteiger partial charge in [-0.25, -0.2) is 0 Å². The Morgan fingerprint density at radius 2 is 2.20 bits per heavy atom. The third kappa shape index (κ3) is 4.08. The van der Waals surface area contributed by atoms with E-state index in [-0.39, 0.29) is 5.97 Å². The lowest BCUT2D eigenvalue weighted by atomic mass is 10.2. The molecule has 0 spiro atoms. The summed E-state index contributed by atoms with van der Waals surface area (Å²) < 4.78 is 11.3. The van der Waals surface area contributed by atoms with Gasteiger partial charge in [0.15, 0.2) is 0 Å². The summed E-state index contributed by atoms with van der Waals surface area (Å²) in [7, 11) is 0. The fraction of sp³-hybridized carbons (Fsp3) is 0.308. The standard InChI is InChI=1S/C13H13BrN2O3S/c1-2-18-11(17)7-8-20-13-16-15-12(19-13)9-5-3-4-6-10(9)14/h3-6H,2,7-8H2,1H3. The smallest absolute Gasteiger partial charge is 0.306 e. The minimum atomic E-state index is -0.217. The van der Waals surface area contributed by atoms with Gasteiger partial charge in [-0.2, -0.15) is 0 Å². The van der Waals surface area contributed by atoms with Gasteiger partial charge in [0.25, 0.3) is 5.22 Å². The van der Waals surface area contributed by atoms with Crippen LogP contribution < -0.4 is 0 Å². The lowest BCUT2D eigenvalue weighted by Gasteiger charge is -1.99. The van der Waals surface area contributed by atoms with Crippen molar-refractivity contribution >= 4 is 33.7 Å². The molecule has 0 unspecified atom stereocenters. The Kier molecular flexibility index (Phi) is 5.60. The SMILES string of the molecule is CCOC(=O)CCSc1nnc(-c2ccccc2Br)o1. The molecule has 1 aromatic carbocycles. The van der Waals surface area contributed by atoms with Crippen LogP contribution in [-0.4, -0.2) is 28.5 Å². The summed E-state index contributed by atoms with van der Waals surface area (Å²) in [6.45, 7) is 2.18. The van der Waals surface area contributed by atoms with E-state index in [1.54, 1.807) is 6.92 Å². The molecular weight excluding hydrogens is 344 g/mol. The molecule has 2 aromatic rings. The number of nitrogens with zero attached hydrogens (tertiary/aromatic N) is 2. The van der Waals surface area contributed by atoms with Gasteiger partial charge in [0.1, 0.15) is 0 Å². The number of carbonyl (C=O) groups excluding carboxylic acids is 1. The number of carbonyl (C=O) groups is 1. The van der Waals surface area contributed by atoms with Crippen molar-refractivity contribution in [2.45, 2.75) is 18.6 Å². The molecule has 0 fully saturated rings. The Labute approximate surface area is 129 Å². The van der Waals surface area contributed by atoms with Crippen molar-refractivity contribution in [2.75, 3.05) is 12.4 Å². The van der Waals surface area contributed by atoms with Crippen molar-refractivity contribution in [3.05, 3.63) is 28.7 Å². The van der Waals surface area contributed by atoms with Crippen LogP contribution in [0.4, 0.5) is 0 Å². The van der Waals surface area contributed by atoms with Gasteiger partial charge in [0, 0.05) is 10.2 Å². The second-order valence-corrected chi connectivity index (χ2v) is 5.66. The zero-order valence-electron chi connectivity index (χ0n) is 10.8. The fourth-order valence-electron chi connectivity index (χ4n) is 1.47. The maximum Gasteiger partial charge on any atom is 0.306 e. The average Bonchev–Trinajstić information content (AvgIpc) is 2.88. The monoisotopic (exact) mass is 356 g/mol. The largest absolute Gasteiger partial charge is 0.466 e. The van der Waals surface area contributed by atoms with Gasteiger partial charge in [-0.15, -0.1) is 10.2 Å². The van der Waals surface area contributed by atoms with Crippen LogP contribution in [0, 0.1) is 0 Å². The van der Waals surface area contributed by atoms with E-state index in [4.69, 9.17) is 9.15 Å². The Balaban J connectivity index is 1.93. The summed E-state index contributed by atoms with van der Waals surface area (Å²) in [5.41, 5.74) is 0.845. The van der Waals surface area contributed by atoms with Crippen LogP contribution in [0.1, 0.15) is 13.3 Å². The summed E-state index contributed by atoms with van der Waals surface area (Å²) in [6.07, 6.45) is 0.325. The lowest BCUT2D eigenvalue weighted by molar-refractivity contribution is -0.142. The minimum absolute atomic E-state index is 0.217. The molecule has 0 aliphatic heterocycles. The van der Waals surface area contributed by atoms with E-state index in [0.717, 1.165) is 10.0 Å². The molecular formula is C13H13BrN2O3S. The van der Waals surface area contributed by atoms with E-state index >= 15 is 0 Å². The Morgan fingerprint density at radius 1 is 1.40 bits per heavy atom. The van der Waals surface area contributed by atoms with E-state index in [2.05, 4.69) is 26.1 Å². The average molecular weight is 357 g/mol. The van der Waals surface area contributed by atoms with Crippen LogP contribution in [-0.2, 0) is 9.53 Å². The predicted molar refractivity (Wildman–Crippen MR) is 79.4 cm³/mol. The van der Waals surface area contributed by atoms with E-state index in [1.807, 2.05) is 24.3 Å². The molecule has 2 rings (SSSR count). The predicted octanol–water partition coefficient (Wildman–Crippen LogP) is 3.54. The van der Waals surface area contributed by atoms with Crippen LogP contribution in [0.5, 0.6) is 0 Å². The Bertz CT molecular complexity index is 589. The van der Waals surface area contributed by atoms with E-state index < -0.39 is 0 Å². The molecule has 0 aliphatic carbocycles. The quantitative estimate of drug-likeness (QED) is 0.582. The van der Waals surface area contributed by atoms with E-state index in [9.17, 15) is 4.79 Å². The van der Waals surface area contributed by atoms with Gasteiger partial charge >= 0.3 is 5.97 Å². The van der Waals surface area contributed by atoms with E-state index in [1.165, 1.54) is 11.8 Å². The molecule has 20 heavy (non-hydrogen) atoms. The minimum Gasteiger partial charge on any atom is -0.466 e. The van der Waals surface area contributed by atoms with Crippen molar-refractivity contribution in [3.8, 4) is 11.5 Å². The first-order valence-electron chi connectivity index (χ1n) is 6.07. The molecule has 0 atom stereocenters. The number of aromatic nitrogens is 2. The first-order valence-corrected chi connectivity index (χ1v) is 7.85. The molecule has 0 saturated heterocycles. The van der Waals surface area contributed by atoms with Crippen molar-refractivity contribution in [1.82, 2.24) is 10.2 Å². The van der Waals surface area contributed by atoms with Crippen LogP contribution in [0.15, 0.2) is 38.4 Å². The number of thioether (sulfide) groups is 1. The van der Waals surface area contributed by atoms with Gasteiger partial charge in [0.2, 0.25) is 5.89 Å². The molecule has 0 radical (unpaired) electrons. The third-order valence-electron chi connectivity index (χ3n) is 2.35. The topological polar surface area (TPSA) is 65.2 Å². The highest BCUT2D eigenvalue weighted by Crippen LogP contribution is 2.29. The van der Waals surface area contributed by atoms with E-state index in [0.29, 0.717) is 29.9 Å². The highest BCUT2D eigenvalue weighted by molar-refractivity contribution is 9.10. The third-order valence-corrected chi connectivity index (χ3v) is 3.86. The van der Waals surface area contributed by atoms with Gasteiger partial charge < -0.3 is 9.15 Å². The van der Waals surface area contributed by atoms with Gasteiger partial charge in [-0.1, -0.05) is 23.9 Å². The number of hydrogen-bond donors (Lipinski definition) is 0. The molecule has 1 heterocycles. The molecule has 106 valence electrons. The summed E-state index contributed by atoms with van der Waals surface area (Å²) in [5.74, 6) is 0.790. The highest BCUT2D eigenvalue weighted by atomic mass is 79.9. The zero-order valence-corrected chi connectivity index (χ0v) is 13.2. The number of rotatable bonds is 6. The number of halogens is 1. The first kappa shape index (κ1) is 15.1. The number of esters is 1. The fourth-order valence-corrected chi connectivity index (χ4v) is 2.60. The van der Waals surface area contributed by atoms with Crippen molar-refractivity contribution < 1.29 is 13.9 Å². The molecule has 0 bridgehead atoms. The van der Waals surface area contributed by atoms with Gasteiger partial charge in [-0.3, -0.25) is 4.79 Å². The van der Waals surface area contributed by atoms with Crippen LogP contribution in [0.25, 0.3) is 11.5 Å². The maximum atomic E-state index is 11.2. The zero-order chi connectivity index (χ0) is 14.4. The van der Waals surface area contributed by atoms with Gasteiger partial charge in [-0.05, 0) is 35.0 Å². The second kappa shape index (κ2) is 7.44. The van der Waals surface area contributed by atoms with Crippen molar-refractivity contribution in [3.63, 3.8) is 0 Å². The maximum absolute atomic E-state index is 11.2. The van der Waals surface area contributed by atoms with Crippen molar-refractivity contribution in [2.24, 2.45) is 0 Å². The Hall–Kier alpha value is -1.34. The molecule has 7 heteroatoms.